The molecule has 0 aliphatic rings. The molecule has 0 aliphatic carbocycles. The molecule has 11 aromatic rings. The Labute approximate surface area is 525 Å². The summed E-state index contributed by atoms with van der Waals surface area (Å²) in [5.41, 5.74) is 15.5. The van der Waals surface area contributed by atoms with Crippen LogP contribution in [0.5, 0.6) is 17.2 Å². The van der Waals surface area contributed by atoms with E-state index in [1.165, 1.54) is 96.2 Å². The van der Waals surface area contributed by atoms with Crippen LogP contribution in [0.25, 0.3) is 21.9 Å². The minimum atomic E-state index is -4.21. The number of aryl methyl sites for hydroxylation is 11. The fourth-order valence-corrected chi connectivity index (χ4v) is 7.54. The second-order valence-electron chi connectivity index (χ2n) is 20.8. The molecule has 11 rings (SSSR count). The van der Waals surface area contributed by atoms with E-state index in [4.69, 9.17) is 14.2 Å². The molecule has 0 aromatic heterocycles. The molecule has 0 bridgehead atoms. The lowest BCUT2D eigenvalue weighted by Gasteiger charge is -2.05. The van der Waals surface area contributed by atoms with Crippen LogP contribution in [0.4, 0.5) is 17.6 Å². The van der Waals surface area contributed by atoms with Gasteiger partial charge in [0.1, 0.15) is 23.1 Å². The molecule has 0 aliphatic heterocycles. The first-order chi connectivity index (χ1) is 41.6. The highest BCUT2D eigenvalue weighted by Crippen LogP contribution is 2.29. The Morgan fingerprint density at radius 1 is 0.318 bits per heavy atom. The molecule has 0 radical (unpaired) electrons. The van der Waals surface area contributed by atoms with Crippen LogP contribution in [0, 0.1) is 82.0 Å². The van der Waals surface area contributed by atoms with Crippen LogP contribution in [0.1, 0.15) is 81.1 Å². The lowest BCUT2D eigenvalue weighted by Crippen LogP contribution is -2.03. The van der Waals surface area contributed by atoms with E-state index in [2.05, 4.69) is 195 Å². The predicted octanol–water partition coefficient (Wildman–Crippen LogP) is 23.6. The third kappa shape index (κ3) is 32.3. The number of halogens is 4. The Bertz CT molecular complexity index is 3460. The van der Waals surface area contributed by atoms with E-state index in [1.54, 1.807) is 33.3 Å². The zero-order chi connectivity index (χ0) is 64.0. The van der Waals surface area contributed by atoms with Gasteiger partial charge in [0.05, 0.1) is 26.4 Å². The van der Waals surface area contributed by atoms with Crippen molar-refractivity contribution in [3.8, 4) is 28.4 Å². The van der Waals surface area contributed by atoms with E-state index in [-0.39, 0.29) is 13.2 Å². The molecule has 7 heteroatoms. The third-order valence-electron chi connectivity index (χ3n) is 12.8. The van der Waals surface area contributed by atoms with Gasteiger partial charge in [-0.25, -0.2) is 4.39 Å². The van der Waals surface area contributed by atoms with Crippen LogP contribution in [-0.4, -0.2) is 20.8 Å². The van der Waals surface area contributed by atoms with Gasteiger partial charge in [-0.1, -0.05) is 270 Å². The van der Waals surface area contributed by atoms with Gasteiger partial charge < -0.3 is 14.2 Å². The Morgan fingerprint density at radius 2 is 0.659 bits per heavy atom. The molecule has 0 heterocycles. The van der Waals surface area contributed by atoms with Crippen molar-refractivity contribution in [3.05, 3.63) is 339 Å². The lowest BCUT2D eigenvalue weighted by atomic mass is 10.0. The summed E-state index contributed by atoms with van der Waals surface area (Å²) >= 11 is 0. The van der Waals surface area contributed by atoms with Crippen LogP contribution >= 0.6 is 0 Å². The second-order valence-corrected chi connectivity index (χ2v) is 20.8. The van der Waals surface area contributed by atoms with E-state index >= 15 is 0 Å². The molecule has 0 amide bonds. The van der Waals surface area contributed by atoms with Crippen molar-refractivity contribution in [1.29, 1.82) is 0 Å². The maximum atomic E-state index is 12.1. The fraction of sp³-hybridized carbons (Fsp3) is 0.210. The topological polar surface area (TPSA) is 27.7 Å². The van der Waals surface area contributed by atoms with Gasteiger partial charge in [0, 0.05) is 0 Å². The van der Waals surface area contributed by atoms with E-state index in [0.717, 1.165) is 47.1 Å². The maximum absolute atomic E-state index is 12.1. The monoisotopic (exact) mass is 1190 g/mol. The van der Waals surface area contributed by atoms with Crippen LogP contribution in [-0.2, 0) is 6.18 Å². The predicted molar refractivity (Wildman–Crippen MR) is 369 cm³/mol. The molecule has 0 atom stereocenters. The standard InChI is InChI=1S/C13H12.C11H10.2C9H12O.C8H7F3.C8H10O.C8H10.C7H7F.C7H8.CH4/c1-11-7-9-13(10-8-11)12-5-3-2-4-6-12;1-9-6-7-10-4-2-3-5-11(10)8-9;1-7-4-5-8(2)9(6-7)10-3;1-3-10-9-6-4-8(2)5-7-9;1-6-2-4-7(5-3-6)8(9,10)11;1-7-3-5-8(9-2)6-4-7;1-7-3-5-8(2)6-4-7;1-6-2-4-7(8)5-3-6;1-7-5-3-2-4-6-7;/h2-10H,1H3;2-8H,1H3;4-6H,1-3H3;4-7H,3H2,1-2H3;2-5H,1H3;3-6H,1-2H3;3-6H,1-2H3;2-5H,1H3;2-6H,1H3;1H4. The zero-order valence-electron chi connectivity index (χ0n) is 53.3. The number of fused-ring (bicyclic) bond motifs is 1. The molecule has 0 fully saturated rings. The summed E-state index contributed by atoms with van der Waals surface area (Å²) in [7, 11) is 3.37. The van der Waals surface area contributed by atoms with Gasteiger partial charge in [-0.2, -0.15) is 13.2 Å². The number of hydrogen-bond acceptors (Lipinski definition) is 3. The Morgan fingerprint density at radius 3 is 1.06 bits per heavy atom. The van der Waals surface area contributed by atoms with Crippen molar-refractivity contribution in [2.24, 2.45) is 0 Å². The minimum absolute atomic E-state index is 0. The van der Waals surface area contributed by atoms with Crippen molar-refractivity contribution in [1.82, 2.24) is 0 Å². The van der Waals surface area contributed by atoms with Crippen molar-refractivity contribution in [2.75, 3.05) is 20.8 Å². The Balaban J connectivity index is 0.000000339. The molecule has 0 spiro atoms. The molecular formula is C81H92F4O3. The quantitative estimate of drug-likeness (QED) is 0.161. The van der Waals surface area contributed by atoms with Gasteiger partial charge in [0.15, 0.2) is 0 Å². The average Bonchev–Trinajstić information content (AvgIpc) is 3.68. The highest BCUT2D eigenvalue weighted by atomic mass is 19.4. The first kappa shape index (κ1) is 74.9. The van der Waals surface area contributed by atoms with Gasteiger partial charge in [0.25, 0.3) is 0 Å². The molecule has 11 aromatic carbocycles. The molecular weight excluding hydrogens is 1100 g/mol. The van der Waals surface area contributed by atoms with Crippen LogP contribution in [0.15, 0.2) is 267 Å². The molecule has 0 saturated carbocycles. The first-order valence-electron chi connectivity index (χ1n) is 29.0. The van der Waals surface area contributed by atoms with Crippen LogP contribution in [0.2, 0.25) is 0 Å². The number of alkyl halides is 3. The maximum Gasteiger partial charge on any atom is 0.416 e. The lowest BCUT2D eigenvalue weighted by molar-refractivity contribution is -0.137. The molecule has 0 saturated heterocycles. The van der Waals surface area contributed by atoms with Crippen molar-refractivity contribution >= 4 is 10.8 Å². The third-order valence-corrected chi connectivity index (χ3v) is 12.8. The van der Waals surface area contributed by atoms with Crippen molar-refractivity contribution in [3.63, 3.8) is 0 Å². The highest BCUT2D eigenvalue weighted by Gasteiger charge is 2.29. The summed E-state index contributed by atoms with van der Waals surface area (Å²) in [4.78, 5) is 0. The molecule has 462 valence electrons. The summed E-state index contributed by atoms with van der Waals surface area (Å²) in [5, 5.41) is 2.64. The summed E-state index contributed by atoms with van der Waals surface area (Å²) in [5.74, 6) is 2.67. The minimum Gasteiger partial charge on any atom is -0.497 e. The molecule has 88 heavy (non-hydrogen) atoms. The van der Waals surface area contributed by atoms with Crippen LogP contribution < -0.4 is 14.2 Å². The Kier molecular flexibility index (Phi) is 35.6. The number of ether oxygens (including phenoxy) is 3. The number of hydrogen-bond donors (Lipinski definition) is 0. The van der Waals surface area contributed by atoms with E-state index in [1.807, 2.05) is 99.6 Å². The summed E-state index contributed by atoms with van der Waals surface area (Å²) in [6, 6.07) is 86.3. The summed E-state index contributed by atoms with van der Waals surface area (Å²) in [6.45, 7) is 25.1. The molecule has 0 unspecified atom stereocenters. The first-order valence-corrected chi connectivity index (χ1v) is 29.0. The molecule has 0 N–H and O–H groups in total. The SMILES string of the molecule is C.CCOc1ccc(C)cc1.COc1cc(C)ccc1C.COc1ccc(C)cc1.Cc1ccc(-c2ccccc2)cc1.Cc1ccc(C(F)(F)F)cc1.Cc1ccc(C)cc1.Cc1ccc(F)cc1.Cc1ccc2ccccc2c1.Cc1ccccc1. The van der Waals surface area contributed by atoms with Crippen molar-refractivity contribution in [2.45, 2.75) is 96.7 Å². The number of rotatable bonds is 5. The fourth-order valence-electron chi connectivity index (χ4n) is 7.54. The van der Waals surface area contributed by atoms with E-state index in [9.17, 15) is 17.6 Å². The van der Waals surface area contributed by atoms with Gasteiger partial charge in [-0.15, -0.1) is 0 Å². The normalized spacial score (nSPS) is 9.66. The van der Waals surface area contributed by atoms with Crippen molar-refractivity contribution < 1.29 is 31.8 Å². The molecule has 3 nitrogen and oxygen atoms in total. The summed E-state index contributed by atoms with van der Waals surface area (Å²) in [6.07, 6.45) is -4.21. The average molecular weight is 1190 g/mol. The van der Waals surface area contributed by atoms with Gasteiger partial charge in [-0.3, -0.25) is 0 Å². The smallest absolute Gasteiger partial charge is 0.416 e. The van der Waals surface area contributed by atoms with E-state index in [0.29, 0.717) is 0 Å². The van der Waals surface area contributed by atoms with E-state index < -0.39 is 11.7 Å². The Hall–Kier alpha value is -9.20. The van der Waals surface area contributed by atoms with Gasteiger partial charge in [0.2, 0.25) is 0 Å². The second kappa shape index (κ2) is 41.8. The zero-order valence-corrected chi connectivity index (χ0v) is 53.3. The van der Waals surface area contributed by atoms with Gasteiger partial charge in [-0.05, 0) is 171 Å². The van der Waals surface area contributed by atoms with Gasteiger partial charge >= 0.3 is 6.18 Å². The number of benzene rings is 11. The van der Waals surface area contributed by atoms with Crippen LogP contribution in [0.3, 0.4) is 0 Å². The largest absolute Gasteiger partial charge is 0.497 e. The highest BCUT2D eigenvalue weighted by molar-refractivity contribution is 5.82. The number of methoxy groups -OCH3 is 2. The summed E-state index contributed by atoms with van der Waals surface area (Å²) < 4.78 is 63.2.